The van der Waals surface area contributed by atoms with Crippen LogP contribution in [0.3, 0.4) is 0 Å². The minimum absolute atomic E-state index is 0. The second-order valence-electron chi connectivity index (χ2n) is 3.80. The van der Waals surface area contributed by atoms with Crippen molar-refractivity contribution in [3.05, 3.63) is 38.6 Å². The third kappa shape index (κ3) is 5.03. The first-order valence-electron chi connectivity index (χ1n) is 5.38. The molecule has 0 aliphatic heterocycles. The van der Waals surface area contributed by atoms with E-state index in [2.05, 4.69) is 43.6 Å². The van der Waals surface area contributed by atoms with E-state index in [0.717, 1.165) is 13.7 Å². The molecule has 2 rings (SSSR count). The molecule has 1 unspecified atom stereocenters. The molecule has 1 aromatic carbocycles. The minimum atomic E-state index is -0.244. The SMILES string of the molecule is CC(CO)Oc1cc(-n2cccn2)c(I)cc1Br.[BH4-].[Na+]. The quantitative estimate of drug-likeness (QED) is 0.449. The van der Waals surface area contributed by atoms with Crippen LogP contribution in [0.15, 0.2) is 35.1 Å². The van der Waals surface area contributed by atoms with Crippen LogP contribution in [-0.4, -0.2) is 36.0 Å². The average molecular weight is 461 g/mol. The van der Waals surface area contributed by atoms with Crippen LogP contribution in [0.25, 0.3) is 5.69 Å². The van der Waals surface area contributed by atoms with Crippen LogP contribution in [0, 0.1) is 3.57 Å². The molecule has 0 bridgehead atoms. The molecule has 20 heavy (non-hydrogen) atoms. The molecule has 0 saturated carbocycles. The van der Waals surface area contributed by atoms with Crippen LogP contribution in [0.2, 0.25) is 0 Å². The molecule has 1 aromatic heterocycles. The molecular formula is C12H16BBrIN2NaO2. The van der Waals surface area contributed by atoms with E-state index in [4.69, 9.17) is 9.84 Å². The van der Waals surface area contributed by atoms with Crippen LogP contribution in [0.1, 0.15) is 6.92 Å². The molecular weight excluding hydrogens is 445 g/mol. The molecule has 2 aromatic rings. The van der Waals surface area contributed by atoms with Gasteiger partial charge in [0.2, 0.25) is 0 Å². The Morgan fingerprint density at radius 3 is 2.75 bits per heavy atom. The molecule has 104 valence electrons. The number of aliphatic hydroxyl groups excluding tert-OH is 1. The van der Waals surface area contributed by atoms with Crippen LogP contribution in [0.5, 0.6) is 5.75 Å². The number of aliphatic hydroxyl groups is 1. The van der Waals surface area contributed by atoms with Crippen molar-refractivity contribution in [2.45, 2.75) is 13.0 Å². The monoisotopic (exact) mass is 460 g/mol. The second-order valence-corrected chi connectivity index (χ2v) is 5.81. The molecule has 0 saturated heterocycles. The molecule has 0 radical (unpaired) electrons. The van der Waals surface area contributed by atoms with Crippen LogP contribution in [0.4, 0.5) is 0 Å². The number of ether oxygens (including phenoxy) is 1. The van der Waals surface area contributed by atoms with Crippen LogP contribution < -0.4 is 34.3 Å². The van der Waals surface area contributed by atoms with Crippen molar-refractivity contribution >= 4 is 46.9 Å². The number of hydrogen-bond donors (Lipinski definition) is 1. The maximum Gasteiger partial charge on any atom is 1.00 e. The number of hydrogen-bond acceptors (Lipinski definition) is 3. The Balaban J connectivity index is 0.00000180. The molecule has 0 aliphatic rings. The molecule has 1 heterocycles. The summed E-state index contributed by atoms with van der Waals surface area (Å²) in [7, 11) is 0. The topological polar surface area (TPSA) is 47.3 Å². The molecule has 0 fully saturated rings. The van der Waals surface area contributed by atoms with E-state index in [-0.39, 0.29) is 50.7 Å². The Morgan fingerprint density at radius 1 is 1.50 bits per heavy atom. The summed E-state index contributed by atoms with van der Waals surface area (Å²) in [4.78, 5) is 0. The fourth-order valence-corrected chi connectivity index (χ4v) is 3.03. The van der Waals surface area contributed by atoms with E-state index >= 15 is 0 Å². The van der Waals surface area contributed by atoms with Gasteiger partial charge in [0.25, 0.3) is 0 Å². The number of nitrogens with zero attached hydrogens (tertiary/aromatic N) is 2. The van der Waals surface area contributed by atoms with Crippen molar-refractivity contribution in [3.8, 4) is 11.4 Å². The van der Waals surface area contributed by atoms with Gasteiger partial charge in [0.05, 0.1) is 16.8 Å². The number of aromatic nitrogens is 2. The molecule has 4 nitrogen and oxygen atoms in total. The van der Waals surface area contributed by atoms with E-state index in [9.17, 15) is 0 Å². The maximum atomic E-state index is 9.04. The Labute approximate surface area is 164 Å². The zero-order valence-electron chi connectivity index (χ0n) is 10.7. The predicted molar refractivity (Wildman–Crippen MR) is 92.5 cm³/mol. The number of halogens is 2. The van der Waals surface area contributed by atoms with Crippen molar-refractivity contribution in [1.29, 1.82) is 0 Å². The van der Waals surface area contributed by atoms with E-state index in [1.54, 1.807) is 10.9 Å². The molecule has 0 aliphatic carbocycles. The van der Waals surface area contributed by atoms with Gasteiger partial charge in [-0.3, -0.25) is 0 Å². The van der Waals surface area contributed by atoms with Crippen molar-refractivity contribution in [2.75, 3.05) is 6.61 Å². The summed E-state index contributed by atoms with van der Waals surface area (Å²) in [5, 5.41) is 13.2. The van der Waals surface area contributed by atoms with Crippen LogP contribution in [-0.2, 0) is 0 Å². The molecule has 0 spiro atoms. The predicted octanol–water partition coefficient (Wildman–Crippen LogP) is -1.45. The molecule has 0 amide bonds. The number of rotatable bonds is 4. The summed E-state index contributed by atoms with van der Waals surface area (Å²) in [5.74, 6) is 0.697. The van der Waals surface area contributed by atoms with E-state index < -0.39 is 0 Å². The smallest absolute Gasteiger partial charge is 0.487 e. The summed E-state index contributed by atoms with van der Waals surface area (Å²) < 4.78 is 9.36. The maximum absolute atomic E-state index is 9.04. The molecule has 1 atom stereocenters. The van der Waals surface area contributed by atoms with Gasteiger partial charge in [-0.15, -0.1) is 0 Å². The summed E-state index contributed by atoms with van der Waals surface area (Å²) in [6.45, 7) is 1.80. The normalized spacial score (nSPS) is 11.2. The first kappa shape index (κ1) is 20.5. The zero-order chi connectivity index (χ0) is 13.1. The van der Waals surface area contributed by atoms with E-state index in [1.807, 2.05) is 31.3 Å². The largest absolute Gasteiger partial charge is 1.00 e. The zero-order valence-corrected chi connectivity index (χ0v) is 16.4. The first-order chi connectivity index (χ1) is 8.61. The van der Waals surface area contributed by atoms with E-state index in [1.165, 1.54) is 0 Å². The van der Waals surface area contributed by atoms with Gasteiger partial charge in [-0.2, -0.15) is 5.10 Å². The summed E-state index contributed by atoms with van der Waals surface area (Å²) >= 11 is 5.71. The van der Waals surface area contributed by atoms with Crippen molar-refractivity contribution in [1.82, 2.24) is 9.78 Å². The van der Waals surface area contributed by atoms with Gasteiger partial charge < -0.3 is 9.84 Å². The summed E-state index contributed by atoms with van der Waals surface area (Å²) in [6.07, 6.45) is 3.37. The average Bonchev–Trinajstić information content (AvgIpc) is 2.86. The summed E-state index contributed by atoms with van der Waals surface area (Å²) in [5.41, 5.74) is 0.948. The summed E-state index contributed by atoms with van der Waals surface area (Å²) in [6, 6.07) is 5.75. The first-order valence-corrected chi connectivity index (χ1v) is 7.25. The van der Waals surface area contributed by atoms with Crippen molar-refractivity contribution in [3.63, 3.8) is 0 Å². The van der Waals surface area contributed by atoms with Gasteiger partial charge >= 0.3 is 29.6 Å². The van der Waals surface area contributed by atoms with Crippen molar-refractivity contribution in [2.24, 2.45) is 0 Å². The minimum Gasteiger partial charge on any atom is -0.487 e. The molecule has 8 heteroatoms. The fourth-order valence-electron chi connectivity index (χ4n) is 1.45. The Bertz CT molecular complexity index is 543. The fraction of sp³-hybridized carbons (Fsp3) is 0.250. The van der Waals surface area contributed by atoms with Gasteiger partial charge in [-0.05, 0) is 57.6 Å². The van der Waals surface area contributed by atoms with Crippen molar-refractivity contribution < 1.29 is 39.4 Å². The van der Waals surface area contributed by atoms with Gasteiger partial charge in [-0.1, -0.05) is 8.41 Å². The Kier molecular flexibility index (Phi) is 9.70. The number of benzene rings is 1. The third-order valence-electron chi connectivity index (χ3n) is 2.34. The standard InChI is InChI=1S/C12H12BrIN2O2.BH4.Na/c1-8(7-17)18-12-6-11(10(14)5-9(12)13)16-4-2-3-15-16;;/h2-6,8,17H,7H2,1H3;1H4;/q;-1;+1. The van der Waals surface area contributed by atoms with Gasteiger partial charge in [0.15, 0.2) is 0 Å². The third-order valence-corrected chi connectivity index (χ3v) is 3.82. The Hall–Kier alpha value is 0.465. The van der Waals surface area contributed by atoms with Gasteiger partial charge in [0, 0.05) is 22.0 Å². The van der Waals surface area contributed by atoms with Gasteiger partial charge in [-0.25, -0.2) is 4.68 Å². The second kappa shape index (κ2) is 9.48. The molecule has 1 N–H and O–H groups in total. The van der Waals surface area contributed by atoms with Crippen LogP contribution >= 0.6 is 38.5 Å². The Morgan fingerprint density at radius 2 is 2.20 bits per heavy atom. The van der Waals surface area contributed by atoms with Gasteiger partial charge in [0.1, 0.15) is 11.9 Å². The van der Waals surface area contributed by atoms with E-state index in [0.29, 0.717) is 5.75 Å².